The van der Waals surface area contributed by atoms with Gasteiger partial charge in [-0.3, -0.25) is 28.4 Å². The summed E-state index contributed by atoms with van der Waals surface area (Å²) < 4.78 is 36.1. The normalized spacial score (nSPS) is 16.3. The molecule has 2 unspecified atom stereocenters. The van der Waals surface area contributed by atoms with Crippen LogP contribution in [0.2, 0.25) is 0 Å². The van der Waals surface area contributed by atoms with Crippen molar-refractivity contribution in [2.45, 2.75) is 13.8 Å². The lowest BCUT2D eigenvalue weighted by Gasteiger charge is -2.04. The Labute approximate surface area is 103 Å². The zero-order valence-electron chi connectivity index (χ0n) is 10.1. The third kappa shape index (κ3) is 13.3. The van der Waals surface area contributed by atoms with E-state index in [1.807, 2.05) is 0 Å². The first-order valence-electron chi connectivity index (χ1n) is 4.13. The fourth-order valence-corrected chi connectivity index (χ4v) is 1.20. The SMILES string of the molecule is COP(=O)(O)OC(C)=O.COP(=O)(O)OC(C)=O. The molecule has 0 saturated carbocycles. The van der Waals surface area contributed by atoms with Crippen LogP contribution in [0.15, 0.2) is 0 Å². The van der Waals surface area contributed by atoms with Gasteiger partial charge in [0, 0.05) is 28.1 Å². The van der Waals surface area contributed by atoms with Crippen LogP contribution in [0.3, 0.4) is 0 Å². The highest BCUT2D eigenvalue weighted by atomic mass is 31.2. The van der Waals surface area contributed by atoms with Gasteiger partial charge in [-0.15, -0.1) is 0 Å². The Morgan fingerprint density at radius 2 is 1.06 bits per heavy atom. The summed E-state index contributed by atoms with van der Waals surface area (Å²) in [6.07, 6.45) is 0. The van der Waals surface area contributed by atoms with Crippen LogP contribution >= 0.6 is 15.6 Å². The number of phosphoric acid groups is 2. The average Bonchev–Trinajstić information content (AvgIpc) is 2.15. The zero-order chi connectivity index (χ0) is 15.0. The Bertz CT molecular complexity index is 341. The minimum atomic E-state index is -4.08. The molecule has 10 nitrogen and oxygen atoms in total. The van der Waals surface area contributed by atoms with Crippen molar-refractivity contribution >= 4 is 27.6 Å². The van der Waals surface area contributed by atoms with E-state index in [0.29, 0.717) is 0 Å². The number of phosphoric ester groups is 2. The predicted molar refractivity (Wildman–Crippen MR) is 57.2 cm³/mol. The number of hydrogen-bond acceptors (Lipinski definition) is 8. The minimum absolute atomic E-state index is 0.845. The van der Waals surface area contributed by atoms with Crippen LogP contribution in [0.5, 0.6) is 0 Å². The quantitative estimate of drug-likeness (QED) is 0.707. The Hall–Kier alpha value is -0.760. The van der Waals surface area contributed by atoms with Gasteiger partial charge in [0.1, 0.15) is 0 Å². The standard InChI is InChI=1S/2C3H7O5P/c2*1-3(4)8-9(5,6)7-2/h2*1-2H3,(H,5,6). The highest BCUT2D eigenvalue weighted by molar-refractivity contribution is 7.48. The summed E-state index contributed by atoms with van der Waals surface area (Å²) >= 11 is 0. The molecule has 108 valence electrons. The molecule has 0 aliphatic rings. The number of carbonyl (C=O) groups is 2. The van der Waals surface area contributed by atoms with Crippen molar-refractivity contribution in [3.05, 3.63) is 0 Å². The molecule has 2 atom stereocenters. The molecule has 0 aromatic carbocycles. The second-order valence-electron chi connectivity index (χ2n) is 2.47. The van der Waals surface area contributed by atoms with Gasteiger partial charge in [0.15, 0.2) is 0 Å². The van der Waals surface area contributed by atoms with Crippen LogP contribution in [0.1, 0.15) is 13.8 Å². The second kappa shape index (κ2) is 8.36. The fraction of sp³-hybridized carbons (Fsp3) is 0.667. The smallest absolute Gasteiger partial charge is 0.371 e. The molecule has 12 heteroatoms. The largest absolute Gasteiger partial charge is 0.529 e. The number of rotatable bonds is 4. The van der Waals surface area contributed by atoms with Crippen molar-refractivity contribution in [2.24, 2.45) is 0 Å². The minimum Gasteiger partial charge on any atom is -0.371 e. The van der Waals surface area contributed by atoms with Gasteiger partial charge in [0.2, 0.25) is 0 Å². The van der Waals surface area contributed by atoms with Gasteiger partial charge < -0.3 is 9.05 Å². The predicted octanol–water partition coefficient (Wildman–Crippen LogP) is 0.593. The molecule has 0 saturated heterocycles. The molecule has 0 aromatic rings. The van der Waals surface area contributed by atoms with Gasteiger partial charge in [0.05, 0.1) is 0 Å². The maximum absolute atomic E-state index is 10.3. The van der Waals surface area contributed by atoms with E-state index in [9.17, 15) is 18.7 Å². The van der Waals surface area contributed by atoms with Gasteiger partial charge in [-0.05, 0) is 0 Å². The summed E-state index contributed by atoms with van der Waals surface area (Å²) in [6, 6.07) is 0. The van der Waals surface area contributed by atoms with E-state index < -0.39 is 27.6 Å². The summed E-state index contributed by atoms with van der Waals surface area (Å²) in [5, 5.41) is 0. The van der Waals surface area contributed by atoms with Crippen LogP contribution in [-0.4, -0.2) is 35.9 Å². The molecule has 0 spiro atoms. The van der Waals surface area contributed by atoms with E-state index in [1.165, 1.54) is 0 Å². The monoisotopic (exact) mass is 308 g/mol. The van der Waals surface area contributed by atoms with Crippen LogP contribution < -0.4 is 0 Å². The van der Waals surface area contributed by atoms with E-state index in [1.54, 1.807) is 0 Å². The van der Waals surface area contributed by atoms with E-state index in [2.05, 4.69) is 18.1 Å². The third-order valence-corrected chi connectivity index (χ3v) is 2.85. The highest BCUT2D eigenvalue weighted by Crippen LogP contribution is 2.42. The highest BCUT2D eigenvalue weighted by Gasteiger charge is 2.21. The average molecular weight is 308 g/mol. The summed E-state index contributed by atoms with van der Waals surface area (Å²) in [4.78, 5) is 36.7. The lowest BCUT2D eigenvalue weighted by molar-refractivity contribution is -0.134. The molecule has 0 bridgehead atoms. The molecular weight excluding hydrogens is 294 g/mol. The summed E-state index contributed by atoms with van der Waals surface area (Å²) in [5.74, 6) is -1.69. The van der Waals surface area contributed by atoms with Crippen molar-refractivity contribution in [3.63, 3.8) is 0 Å². The van der Waals surface area contributed by atoms with Crippen LogP contribution in [0, 0.1) is 0 Å². The Morgan fingerprint density at radius 3 is 1.11 bits per heavy atom. The van der Waals surface area contributed by atoms with E-state index in [-0.39, 0.29) is 0 Å². The Morgan fingerprint density at radius 1 is 0.833 bits per heavy atom. The first kappa shape index (κ1) is 19.6. The van der Waals surface area contributed by atoms with Crippen LogP contribution in [0.25, 0.3) is 0 Å². The van der Waals surface area contributed by atoms with Crippen molar-refractivity contribution in [1.82, 2.24) is 0 Å². The van der Waals surface area contributed by atoms with E-state index in [4.69, 9.17) is 9.79 Å². The first-order valence-corrected chi connectivity index (χ1v) is 7.12. The summed E-state index contributed by atoms with van der Waals surface area (Å²) in [6.45, 7) is 2.03. The molecule has 18 heavy (non-hydrogen) atoms. The molecule has 0 aromatic heterocycles. The van der Waals surface area contributed by atoms with Gasteiger partial charge in [0.25, 0.3) is 0 Å². The summed E-state index contributed by atoms with van der Waals surface area (Å²) in [7, 11) is -6.21. The van der Waals surface area contributed by atoms with Gasteiger partial charge >= 0.3 is 27.6 Å². The molecule has 0 fully saturated rings. The number of hydrogen-bond donors (Lipinski definition) is 2. The van der Waals surface area contributed by atoms with Crippen LogP contribution in [-0.2, 0) is 36.8 Å². The van der Waals surface area contributed by atoms with E-state index in [0.717, 1.165) is 28.1 Å². The molecule has 0 heterocycles. The fourth-order valence-electron chi connectivity index (χ4n) is 0.399. The lowest BCUT2D eigenvalue weighted by atomic mass is 10.9. The zero-order valence-corrected chi connectivity index (χ0v) is 11.8. The molecule has 0 amide bonds. The van der Waals surface area contributed by atoms with Crippen LogP contribution in [0.4, 0.5) is 0 Å². The molecule has 0 radical (unpaired) electrons. The van der Waals surface area contributed by atoms with Gasteiger partial charge in [-0.2, -0.15) is 0 Å². The van der Waals surface area contributed by atoms with Crippen molar-refractivity contribution in [1.29, 1.82) is 0 Å². The second-order valence-corrected chi connectivity index (χ2v) is 5.44. The molecule has 0 aliphatic heterocycles. The van der Waals surface area contributed by atoms with E-state index >= 15 is 0 Å². The Kier molecular flexibility index (Phi) is 9.09. The van der Waals surface area contributed by atoms with Crippen molar-refractivity contribution in [2.75, 3.05) is 14.2 Å². The molecule has 2 N–H and O–H groups in total. The molecule has 0 rings (SSSR count). The van der Waals surface area contributed by atoms with Crippen molar-refractivity contribution in [3.8, 4) is 0 Å². The third-order valence-electron chi connectivity index (χ3n) is 0.949. The lowest BCUT2D eigenvalue weighted by Crippen LogP contribution is -1.96. The maximum Gasteiger partial charge on any atom is 0.529 e. The van der Waals surface area contributed by atoms with Crippen molar-refractivity contribution < 1.29 is 46.6 Å². The molecular formula is C6H14O10P2. The van der Waals surface area contributed by atoms with Gasteiger partial charge in [-0.25, -0.2) is 9.13 Å². The summed E-state index contributed by atoms with van der Waals surface area (Å²) in [5.41, 5.74) is 0. The maximum atomic E-state index is 10.3. The topological polar surface area (TPSA) is 146 Å². The number of carbonyl (C=O) groups excluding carboxylic acids is 2. The first-order chi connectivity index (χ1) is 7.95. The van der Waals surface area contributed by atoms with Gasteiger partial charge in [-0.1, -0.05) is 0 Å². The Balaban J connectivity index is 0. The molecule has 0 aliphatic carbocycles.